The molecule has 0 aliphatic carbocycles. The number of anilines is 1. The number of nitrogens with zero attached hydrogens (tertiary/aromatic N) is 1. The van der Waals surface area contributed by atoms with Gasteiger partial charge >= 0.3 is 0 Å². The van der Waals surface area contributed by atoms with E-state index in [1.165, 1.54) is 0 Å². The van der Waals surface area contributed by atoms with Crippen LogP contribution in [0.5, 0.6) is 5.88 Å². The van der Waals surface area contributed by atoms with Gasteiger partial charge in [-0.1, -0.05) is 26.7 Å². The van der Waals surface area contributed by atoms with Gasteiger partial charge in [0.25, 0.3) is 5.91 Å². The Hall–Kier alpha value is -1.62. The van der Waals surface area contributed by atoms with Crippen LogP contribution >= 0.6 is 0 Å². The molecule has 5 heteroatoms. The van der Waals surface area contributed by atoms with E-state index in [0.29, 0.717) is 24.6 Å². The van der Waals surface area contributed by atoms with Crippen molar-refractivity contribution in [2.24, 2.45) is 0 Å². The molecular formula is C17H28N2O3. The van der Waals surface area contributed by atoms with E-state index in [1.807, 2.05) is 26.8 Å². The topological polar surface area (TPSA) is 60.5 Å². The van der Waals surface area contributed by atoms with E-state index in [4.69, 9.17) is 9.47 Å². The molecule has 1 N–H and O–H groups in total. The zero-order valence-corrected chi connectivity index (χ0v) is 14.4. The fourth-order valence-corrected chi connectivity index (χ4v) is 2.07. The van der Waals surface area contributed by atoms with Crippen molar-refractivity contribution in [3.63, 3.8) is 0 Å². The van der Waals surface area contributed by atoms with E-state index < -0.39 is 5.60 Å². The third-order valence-electron chi connectivity index (χ3n) is 3.67. The number of hydrogen-bond acceptors (Lipinski definition) is 4. The number of aryl methyl sites for hydroxylation is 1. The molecule has 0 saturated heterocycles. The number of carbonyl (C=O) groups excluding carboxylic acids is 1. The molecule has 0 aliphatic heterocycles. The van der Waals surface area contributed by atoms with Crippen LogP contribution < -0.4 is 10.1 Å². The number of ether oxygens (including phenoxy) is 2. The summed E-state index contributed by atoms with van der Waals surface area (Å²) in [6.07, 6.45) is 5.21. The van der Waals surface area contributed by atoms with Crippen molar-refractivity contribution >= 4 is 11.6 Å². The maximum Gasteiger partial charge on any atom is 0.256 e. The Morgan fingerprint density at radius 1 is 1.36 bits per heavy atom. The first-order valence-electron chi connectivity index (χ1n) is 7.92. The summed E-state index contributed by atoms with van der Waals surface area (Å²) in [7, 11) is 1.57. The smallest absolute Gasteiger partial charge is 0.256 e. The number of amides is 1. The van der Waals surface area contributed by atoms with Gasteiger partial charge in [-0.2, -0.15) is 0 Å². The molecule has 0 spiro atoms. The standard InChI is InChI=1S/C17H28N2O3/c1-6-8-9-17(4,21-5)16(20)19-14-11-13(3)15(18-12-14)22-10-7-2/h11-12H,6-10H2,1-5H3,(H,19,20)/t17-/m0/s1. The molecule has 1 amide bonds. The van der Waals surface area contributed by atoms with E-state index in [0.717, 1.165) is 24.8 Å². The molecule has 1 atom stereocenters. The summed E-state index contributed by atoms with van der Waals surface area (Å²) < 4.78 is 11.0. The minimum absolute atomic E-state index is 0.146. The molecule has 0 saturated carbocycles. The van der Waals surface area contributed by atoms with Crippen molar-refractivity contribution in [3.8, 4) is 5.88 Å². The number of unbranched alkanes of at least 4 members (excludes halogenated alkanes) is 1. The predicted molar refractivity (Wildman–Crippen MR) is 88.3 cm³/mol. The maximum atomic E-state index is 12.4. The molecule has 1 aromatic rings. The molecule has 0 unspecified atom stereocenters. The van der Waals surface area contributed by atoms with Crippen LogP contribution in [0.4, 0.5) is 5.69 Å². The minimum atomic E-state index is -0.818. The summed E-state index contributed by atoms with van der Waals surface area (Å²) in [4.78, 5) is 16.7. The lowest BCUT2D eigenvalue weighted by atomic mass is 9.97. The Bertz CT molecular complexity index is 491. The molecule has 22 heavy (non-hydrogen) atoms. The first-order chi connectivity index (χ1) is 10.5. The first kappa shape index (κ1) is 18.4. The highest BCUT2D eigenvalue weighted by Crippen LogP contribution is 2.23. The average molecular weight is 308 g/mol. The fourth-order valence-electron chi connectivity index (χ4n) is 2.07. The zero-order valence-electron chi connectivity index (χ0n) is 14.4. The molecule has 0 aromatic carbocycles. The number of aromatic nitrogens is 1. The number of hydrogen-bond donors (Lipinski definition) is 1. The second-order valence-corrected chi connectivity index (χ2v) is 5.69. The van der Waals surface area contributed by atoms with Crippen LogP contribution in [0, 0.1) is 6.92 Å². The third kappa shape index (κ3) is 4.98. The summed E-state index contributed by atoms with van der Waals surface area (Å²) in [5, 5.41) is 2.88. The van der Waals surface area contributed by atoms with Crippen LogP contribution in [-0.2, 0) is 9.53 Å². The molecule has 0 aliphatic rings. The molecular weight excluding hydrogens is 280 g/mol. The van der Waals surface area contributed by atoms with Gasteiger partial charge in [0.15, 0.2) is 0 Å². The highest BCUT2D eigenvalue weighted by molar-refractivity contribution is 5.97. The highest BCUT2D eigenvalue weighted by atomic mass is 16.5. The average Bonchev–Trinajstić information content (AvgIpc) is 2.51. The van der Waals surface area contributed by atoms with Crippen molar-refractivity contribution in [1.82, 2.24) is 4.98 Å². The molecule has 124 valence electrons. The monoisotopic (exact) mass is 308 g/mol. The van der Waals surface area contributed by atoms with Gasteiger partial charge in [-0.3, -0.25) is 4.79 Å². The van der Waals surface area contributed by atoms with E-state index in [-0.39, 0.29) is 5.91 Å². The van der Waals surface area contributed by atoms with Crippen LogP contribution in [0.15, 0.2) is 12.3 Å². The van der Waals surface area contributed by atoms with E-state index in [1.54, 1.807) is 13.3 Å². The lowest BCUT2D eigenvalue weighted by molar-refractivity contribution is -0.136. The third-order valence-corrected chi connectivity index (χ3v) is 3.67. The molecule has 1 aromatic heterocycles. The van der Waals surface area contributed by atoms with Crippen LogP contribution in [0.2, 0.25) is 0 Å². The SMILES string of the molecule is CCCC[C@](C)(OC)C(=O)Nc1cnc(OCCC)c(C)c1. The Kier molecular flexibility index (Phi) is 7.32. The number of pyridine rings is 1. The Morgan fingerprint density at radius 2 is 2.09 bits per heavy atom. The lowest BCUT2D eigenvalue weighted by Crippen LogP contribution is -2.42. The van der Waals surface area contributed by atoms with Crippen molar-refractivity contribution < 1.29 is 14.3 Å². The maximum absolute atomic E-state index is 12.4. The van der Waals surface area contributed by atoms with Crippen LogP contribution in [0.3, 0.4) is 0 Å². The predicted octanol–water partition coefficient (Wildman–Crippen LogP) is 3.71. The minimum Gasteiger partial charge on any atom is -0.477 e. The molecule has 0 bridgehead atoms. The largest absolute Gasteiger partial charge is 0.477 e. The van der Waals surface area contributed by atoms with Gasteiger partial charge in [0.2, 0.25) is 5.88 Å². The molecule has 0 radical (unpaired) electrons. The second kappa shape index (κ2) is 8.73. The van der Waals surface area contributed by atoms with Crippen LogP contribution in [0.1, 0.15) is 52.0 Å². The van der Waals surface area contributed by atoms with E-state index >= 15 is 0 Å². The number of rotatable bonds is 9. The van der Waals surface area contributed by atoms with Crippen molar-refractivity contribution in [1.29, 1.82) is 0 Å². The van der Waals surface area contributed by atoms with Gasteiger partial charge in [0, 0.05) is 12.7 Å². The zero-order chi connectivity index (χ0) is 16.6. The quantitative estimate of drug-likeness (QED) is 0.755. The number of nitrogens with one attached hydrogen (secondary N) is 1. The van der Waals surface area contributed by atoms with Crippen molar-refractivity contribution in [2.75, 3.05) is 19.0 Å². The summed E-state index contributed by atoms with van der Waals surface area (Å²) in [6, 6.07) is 1.87. The van der Waals surface area contributed by atoms with E-state index in [9.17, 15) is 4.79 Å². The van der Waals surface area contributed by atoms with Gasteiger partial charge in [0.05, 0.1) is 18.5 Å². The number of carbonyl (C=O) groups is 1. The van der Waals surface area contributed by atoms with Gasteiger partial charge in [-0.25, -0.2) is 4.98 Å². The first-order valence-corrected chi connectivity index (χ1v) is 7.92. The van der Waals surface area contributed by atoms with Crippen LogP contribution in [0.25, 0.3) is 0 Å². The van der Waals surface area contributed by atoms with Gasteiger partial charge in [-0.05, 0) is 32.8 Å². The molecule has 5 nitrogen and oxygen atoms in total. The van der Waals surface area contributed by atoms with Crippen molar-refractivity contribution in [3.05, 3.63) is 17.8 Å². The summed E-state index contributed by atoms with van der Waals surface area (Å²) in [5.41, 5.74) is 0.742. The Morgan fingerprint density at radius 3 is 2.64 bits per heavy atom. The van der Waals surface area contributed by atoms with Crippen LogP contribution in [-0.4, -0.2) is 30.2 Å². The fraction of sp³-hybridized carbons (Fsp3) is 0.647. The summed E-state index contributed by atoms with van der Waals surface area (Å²) in [5.74, 6) is 0.465. The van der Waals surface area contributed by atoms with Gasteiger partial charge in [-0.15, -0.1) is 0 Å². The Balaban J connectivity index is 2.76. The highest BCUT2D eigenvalue weighted by Gasteiger charge is 2.32. The molecule has 1 heterocycles. The van der Waals surface area contributed by atoms with E-state index in [2.05, 4.69) is 17.2 Å². The normalized spacial score (nSPS) is 13.5. The molecule has 1 rings (SSSR count). The molecule has 0 fully saturated rings. The number of methoxy groups -OCH3 is 1. The summed E-state index contributed by atoms with van der Waals surface area (Å²) >= 11 is 0. The van der Waals surface area contributed by atoms with Crippen molar-refractivity contribution in [2.45, 2.75) is 59.0 Å². The Labute approximate surface area is 133 Å². The van der Waals surface area contributed by atoms with Gasteiger partial charge in [0.1, 0.15) is 5.60 Å². The second-order valence-electron chi connectivity index (χ2n) is 5.69. The van der Waals surface area contributed by atoms with Gasteiger partial charge < -0.3 is 14.8 Å². The lowest BCUT2D eigenvalue weighted by Gasteiger charge is -2.26. The summed E-state index contributed by atoms with van der Waals surface area (Å²) in [6.45, 7) is 8.51.